The topological polar surface area (TPSA) is 79.4 Å². The highest BCUT2D eigenvalue weighted by molar-refractivity contribution is 5.99. The number of amides is 2. The van der Waals surface area contributed by atoms with E-state index in [1.54, 1.807) is 19.2 Å². The number of nitrogens with one attached hydrogen (secondary N) is 2. The fraction of sp³-hybridized carbons (Fsp3) is 0.261. The zero-order valence-corrected chi connectivity index (χ0v) is 17.0. The zero-order chi connectivity index (χ0) is 20.8. The first kappa shape index (κ1) is 19.7. The second-order valence-corrected chi connectivity index (χ2v) is 7.21. The van der Waals surface area contributed by atoms with Gasteiger partial charge in [0.05, 0.1) is 12.8 Å². The van der Waals surface area contributed by atoms with Gasteiger partial charge in [0.2, 0.25) is 0 Å². The van der Waals surface area contributed by atoms with E-state index in [9.17, 15) is 4.79 Å². The lowest BCUT2D eigenvalue weighted by Crippen LogP contribution is -2.30. The van der Waals surface area contributed by atoms with Crippen LogP contribution in [0.3, 0.4) is 0 Å². The monoisotopic (exact) mass is 403 g/mol. The summed E-state index contributed by atoms with van der Waals surface area (Å²) in [4.78, 5) is 14.5. The van der Waals surface area contributed by atoms with Crippen LogP contribution in [0.25, 0.3) is 11.3 Å². The molecule has 0 saturated carbocycles. The van der Waals surface area contributed by atoms with Crippen molar-refractivity contribution in [2.24, 2.45) is 0 Å². The molecule has 7 heteroatoms. The number of anilines is 3. The van der Waals surface area contributed by atoms with Gasteiger partial charge in [0, 0.05) is 36.1 Å². The maximum Gasteiger partial charge on any atom is 0.323 e. The number of piperidine rings is 1. The SMILES string of the molecule is COc1cccc(NC(=O)Nc2ccc(-c3ccc(N4CCCCC4)nn3)cc2)c1. The second-order valence-electron chi connectivity index (χ2n) is 7.21. The average Bonchev–Trinajstić information content (AvgIpc) is 2.80. The van der Waals surface area contributed by atoms with Crippen molar-refractivity contribution in [2.75, 3.05) is 35.7 Å². The molecule has 2 N–H and O–H groups in total. The van der Waals surface area contributed by atoms with E-state index >= 15 is 0 Å². The van der Waals surface area contributed by atoms with Crippen LogP contribution < -0.4 is 20.3 Å². The molecule has 1 aromatic heterocycles. The van der Waals surface area contributed by atoms with Crippen LogP contribution in [0.2, 0.25) is 0 Å². The molecule has 1 aliphatic rings. The van der Waals surface area contributed by atoms with Crippen LogP contribution in [-0.4, -0.2) is 36.4 Å². The van der Waals surface area contributed by atoms with Crippen LogP contribution >= 0.6 is 0 Å². The highest BCUT2D eigenvalue weighted by atomic mass is 16.5. The molecule has 0 radical (unpaired) electrons. The van der Waals surface area contributed by atoms with Crippen molar-refractivity contribution in [1.82, 2.24) is 10.2 Å². The summed E-state index contributed by atoms with van der Waals surface area (Å²) in [5, 5.41) is 14.4. The molecular formula is C23H25N5O2. The first-order valence-corrected chi connectivity index (χ1v) is 10.1. The van der Waals surface area contributed by atoms with Crippen molar-refractivity contribution in [3.8, 4) is 17.0 Å². The molecule has 0 bridgehead atoms. The predicted octanol–water partition coefficient (Wildman–Crippen LogP) is 4.79. The smallest absolute Gasteiger partial charge is 0.323 e. The lowest BCUT2D eigenvalue weighted by atomic mass is 10.1. The van der Waals surface area contributed by atoms with E-state index in [1.807, 2.05) is 48.5 Å². The molecule has 1 aliphatic heterocycles. The van der Waals surface area contributed by atoms with Gasteiger partial charge in [0.1, 0.15) is 5.75 Å². The highest BCUT2D eigenvalue weighted by Gasteiger charge is 2.13. The van der Waals surface area contributed by atoms with Crippen LogP contribution in [0.15, 0.2) is 60.7 Å². The van der Waals surface area contributed by atoms with Crippen LogP contribution in [0, 0.1) is 0 Å². The van der Waals surface area contributed by atoms with Crippen molar-refractivity contribution in [2.45, 2.75) is 19.3 Å². The molecule has 2 heterocycles. The Morgan fingerprint density at radius 2 is 1.67 bits per heavy atom. The van der Waals surface area contributed by atoms with Gasteiger partial charge in [0.15, 0.2) is 5.82 Å². The van der Waals surface area contributed by atoms with E-state index in [1.165, 1.54) is 19.3 Å². The van der Waals surface area contributed by atoms with Crippen molar-refractivity contribution in [3.63, 3.8) is 0 Å². The van der Waals surface area contributed by atoms with Gasteiger partial charge in [-0.2, -0.15) is 0 Å². The molecule has 0 unspecified atom stereocenters. The van der Waals surface area contributed by atoms with Crippen molar-refractivity contribution < 1.29 is 9.53 Å². The van der Waals surface area contributed by atoms with Gasteiger partial charge >= 0.3 is 6.03 Å². The molecule has 2 aromatic carbocycles. The normalized spacial score (nSPS) is 13.6. The number of urea groups is 1. The average molecular weight is 403 g/mol. The number of rotatable bonds is 5. The largest absolute Gasteiger partial charge is 0.497 e. The first-order valence-electron chi connectivity index (χ1n) is 10.1. The van der Waals surface area contributed by atoms with Gasteiger partial charge in [-0.15, -0.1) is 10.2 Å². The number of hydrogen-bond donors (Lipinski definition) is 2. The number of hydrogen-bond acceptors (Lipinski definition) is 5. The van der Waals surface area contributed by atoms with E-state index in [0.29, 0.717) is 17.1 Å². The molecule has 154 valence electrons. The minimum Gasteiger partial charge on any atom is -0.497 e. The first-order chi connectivity index (χ1) is 14.7. The summed E-state index contributed by atoms with van der Waals surface area (Å²) in [5.74, 6) is 1.62. The molecule has 1 saturated heterocycles. The maximum absolute atomic E-state index is 12.2. The number of aromatic nitrogens is 2. The van der Waals surface area contributed by atoms with E-state index < -0.39 is 0 Å². The quantitative estimate of drug-likeness (QED) is 0.640. The fourth-order valence-electron chi connectivity index (χ4n) is 3.49. The summed E-state index contributed by atoms with van der Waals surface area (Å²) in [6.07, 6.45) is 3.71. The number of methoxy groups -OCH3 is 1. The summed E-state index contributed by atoms with van der Waals surface area (Å²) < 4.78 is 5.17. The van der Waals surface area contributed by atoms with Gasteiger partial charge in [0.25, 0.3) is 0 Å². The molecule has 3 aromatic rings. The number of nitrogens with zero attached hydrogens (tertiary/aromatic N) is 3. The summed E-state index contributed by atoms with van der Waals surface area (Å²) >= 11 is 0. The van der Waals surface area contributed by atoms with E-state index in [4.69, 9.17) is 4.74 Å². The van der Waals surface area contributed by atoms with Gasteiger partial charge in [-0.05, 0) is 55.7 Å². The molecule has 0 spiro atoms. The summed E-state index contributed by atoms with van der Waals surface area (Å²) in [6, 6.07) is 18.5. The molecule has 2 amide bonds. The second kappa shape index (κ2) is 9.26. The zero-order valence-electron chi connectivity index (χ0n) is 17.0. The Labute approximate surface area is 176 Å². The molecule has 4 rings (SSSR count). The highest BCUT2D eigenvalue weighted by Crippen LogP contribution is 2.23. The Kier molecular flexibility index (Phi) is 6.08. The Hall–Kier alpha value is -3.61. The molecular weight excluding hydrogens is 378 g/mol. The lowest BCUT2D eigenvalue weighted by molar-refractivity contribution is 0.262. The van der Waals surface area contributed by atoms with E-state index in [2.05, 4.69) is 25.7 Å². The Balaban J connectivity index is 1.37. The molecule has 0 aliphatic carbocycles. The molecule has 7 nitrogen and oxygen atoms in total. The number of ether oxygens (including phenoxy) is 1. The predicted molar refractivity (Wildman–Crippen MR) is 119 cm³/mol. The Morgan fingerprint density at radius 3 is 2.37 bits per heavy atom. The van der Waals surface area contributed by atoms with Crippen molar-refractivity contribution >= 4 is 23.2 Å². The lowest BCUT2D eigenvalue weighted by Gasteiger charge is -2.27. The molecule has 30 heavy (non-hydrogen) atoms. The number of benzene rings is 2. The van der Waals surface area contributed by atoms with Gasteiger partial charge in [-0.3, -0.25) is 0 Å². The minimum atomic E-state index is -0.318. The van der Waals surface area contributed by atoms with Gasteiger partial charge < -0.3 is 20.3 Å². The maximum atomic E-state index is 12.2. The third-order valence-corrected chi connectivity index (χ3v) is 5.10. The van der Waals surface area contributed by atoms with Gasteiger partial charge in [-0.25, -0.2) is 4.79 Å². The third kappa shape index (κ3) is 4.86. The number of carbonyl (C=O) groups excluding carboxylic acids is 1. The van der Waals surface area contributed by atoms with Crippen molar-refractivity contribution in [1.29, 1.82) is 0 Å². The van der Waals surface area contributed by atoms with E-state index in [-0.39, 0.29) is 6.03 Å². The fourth-order valence-corrected chi connectivity index (χ4v) is 3.49. The van der Waals surface area contributed by atoms with Crippen molar-refractivity contribution in [3.05, 3.63) is 60.7 Å². The Bertz CT molecular complexity index is 983. The van der Waals surface area contributed by atoms with Gasteiger partial charge in [-0.1, -0.05) is 18.2 Å². The standard InChI is InChI=1S/C23H25N5O2/c1-30-20-7-5-6-19(16-20)25-23(29)24-18-10-8-17(9-11-18)21-12-13-22(27-26-21)28-14-3-2-4-15-28/h5-13,16H,2-4,14-15H2,1H3,(H2,24,25,29). The minimum absolute atomic E-state index is 0.318. The summed E-state index contributed by atoms with van der Waals surface area (Å²) in [6.45, 7) is 2.10. The summed E-state index contributed by atoms with van der Waals surface area (Å²) in [5.41, 5.74) is 3.11. The van der Waals surface area contributed by atoms with Crippen LogP contribution in [-0.2, 0) is 0 Å². The third-order valence-electron chi connectivity index (χ3n) is 5.10. The molecule has 1 fully saturated rings. The van der Waals surface area contributed by atoms with Crippen LogP contribution in [0.1, 0.15) is 19.3 Å². The van der Waals surface area contributed by atoms with Crippen LogP contribution in [0.5, 0.6) is 5.75 Å². The Morgan fingerprint density at radius 1 is 0.900 bits per heavy atom. The van der Waals surface area contributed by atoms with E-state index in [0.717, 1.165) is 30.2 Å². The van der Waals surface area contributed by atoms with Crippen LogP contribution in [0.4, 0.5) is 22.0 Å². The number of carbonyl (C=O) groups is 1. The molecule has 0 atom stereocenters. The summed E-state index contributed by atoms with van der Waals surface area (Å²) in [7, 11) is 1.59.